The highest BCUT2D eigenvalue weighted by Gasteiger charge is 2.33. The van der Waals surface area contributed by atoms with Gasteiger partial charge in [-0.25, -0.2) is 0 Å². The van der Waals surface area contributed by atoms with E-state index in [2.05, 4.69) is 9.88 Å². The van der Waals surface area contributed by atoms with Gasteiger partial charge in [0.1, 0.15) is 24.0 Å². The van der Waals surface area contributed by atoms with Crippen molar-refractivity contribution in [2.45, 2.75) is 20.0 Å². The SMILES string of the molecule is Cc1c2c(cc3c1O/C(=C\c1ccncc1)C3=O)CN(Cc1ccco1)CO2. The summed E-state index contributed by atoms with van der Waals surface area (Å²) in [6.45, 7) is 3.73. The van der Waals surface area contributed by atoms with E-state index >= 15 is 0 Å². The van der Waals surface area contributed by atoms with Crippen LogP contribution in [0.1, 0.15) is 32.8 Å². The number of rotatable bonds is 3. The predicted octanol–water partition coefficient (Wildman–Crippen LogP) is 3.95. The number of pyridine rings is 1. The van der Waals surface area contributed by atoms with Crippen LogP contribution in [-0.2, 0) is 13.1 Å². The lowest BCUT2D eigenvalue weighted by molar-refractivity contribution is 0.0813. The van der Waals surface area contributed by atoms with Crippen LogP contribution in [0.25, 0.3) is 6.08 Å². The summed E-state index contributed by atoms with van der Waals surface area (Å²) >= 11 is 0. The zero-order valence-electron chi connectivity index (χ0n) is 15.3. The molecule has 0 amide bonds. The van der Waals surface area contributed by atoms with Crippen molar-refractivity contribution < 1.29 is 18.7 Å². The second-order valence-corrected chi connectivity index (χ2v) is 6.93. The third kappa shape index (κ3) is 2.88. The summed E-state index contributed by atoms with van der Waals surface area (Å²) in [5.74, 6) is 2.47. The largest absolute Gasteiger partial charge is 0.477 e. The fourth-order valence-electron chi connectivity index (χ4n) is 3.63. The topological polar surface area (TPSA) is 64.8 Å². The van der Waals surface area contributed by atoms with Crippen molar-refractivity contribution in [2.24, 2.45) is 0 Å². The van der Waals surface area contributed by atoms with E-state index in [-0.39, 0.29) is 5.78 Å². The van der Waals surface area contributed by atoms with Gasteiger partial charge in [0, 0.05) is 30.1 Å². The van der Waals surface area contributed by atoms with Gasteiger partial charge in [-0.3, -0.25) is 14.7 Å². The number of hydrogen-bond acceptors (Lipinski definition) is 6. The van der Waals surface area contributed by atoms with Crippen LogP contribution < -0.4 is 9.47 Å². The van der Waals surface area contributed by atoms with Crippen LogP contribution in [0.3, 0.4) is 0 Å². The van der Waals surface area contributed by atoms with Gasteiger partial charge in [-0.1, -0.05) is 0 Å². The molecule has 6 heteroatoms. The summed E-state index contributed by atoms with van der Waals surface area (Å²) in [4.78, 5) is 19.0. The molecule has 0 atom stereocenters. The van der Waals surface area contributed by atoms with E-state index in [0.717, 1.165) is 28.2 Å². The van der Waals surface area contributed by atoms with Crippen molar-refractivity contribution in [1.29, 1.82) is 0 Å². The van der Waals surface area contributed by atoms with E-state index in [1.807, 2.05) is 37.3 Å². The first kappa shape index (κ1) is 16.8. The van der Waals surface area contributed by atoms with Crippen molar-refractivity contribution in [3.8, 4) is 11.5 Å². The first-order chi connectivity index (χ1) is 13.7. The van der Waals surface area contributed by atoms with Crippen LogP contribution in [0.5, 0.6) is 11.5 Å². The molecule has 28 heavy (non-hydrogen) atoms. The van der Waals surface area contributed by atoms with Crippen molar-refractivity contribution in [2.75, 3.05) is 6.73 Å². The number of hydrogen-bond donors (Lipinski definition) is 0. The predicted molar refractivity (Wildman–Crippen MR) is 102 cm³/mol. The standard InChI is InChI=1S/C22H18N2O4/c1-14-21-16(11-24(13-27-21)12-17-3-2-8-26-17)10-18-20(25)19(28-22(14)18)9-15-4-6-23-7-5-15/h2-10H,11-13H2,1H3/b19-9-. The van der Waals surface area contributed by atoms with Gasteiger partial charge in [-0.2, -0.15) is 0 Å². The summed E-state index contributed by atoms with van der Waals surface area (Å²) in [5, 5.41) is 0. The number of carbonyl (C=O) groups is 1. The molecule has 4 heterocycles. The normalized spacial score (nSPS) is 17.2. The van der Waals surface area contributed by atoms with E-state index in [1.165, 1.54) is 0 Å². The van der Waals surface area contributed by atoms with Crippen LogP contribution in [-0.4, -0.2) is 22.4 Å². The van der Waals surface area contributed by atoms with E-state index < -0.39 is 0 Å². The van der Waals surface area contributed by atoms with Crippen molar-refractivity contribution in [3.63, 3.8) is 0 Å². The molecular formula is C22H18N2O4. The summed E-state index contributed by atoms with van der Waals surface area (Å²) in [6.07, 6.45) is 6.78. The molecule has 0 spiro atoms. The fraction of sp³-hybridized carbons (Fsp3) is 0.182. The maximum Gasteiger partial charge on any atom is 0.231 e. The highest BCUT2D eigenvalue weighted by molar-refractivity contribution is 6.15. The van der Waals surface area contributed by atoms with E-state index in [4.69, 9.17) is 13.9 Å². The van der Waals surface area contributed by atoms with Gasteiger partial charge >= 0.3 is 0 Å². The zero-order chi connectivity index (χ0) is 19.1. The molecule has 2 aliphatic rings. The molecule has 0 unspecified atom stereocenters. The van der Waals surface area contributed by atoms with E-state index in [0.29, 0.717) is 36.9 Å². The molecule has 2 aliphatic heterocycles. The molecule has 140 valence electrons. The average Bonchev–Trinajstić information content (AvgIpc) is 3.32. The summed E-state index contributed by atoms with van der Waals surface area (Å²) in [5.41, 5.74) is 3.29. The third-order valence-corrected chi connectivity index (χ3v) is 4.97. The number of fused-ring (bicyclic) bond motifs is 2. The maximum absolute atomic E-state index is 12.9. The summed E-state index contributed by atoms with van der Waals surface area (Å²) < 4.78 is 17.3. The van der Waals surface area contributed by atoms with Gasteiger partial charge in [-0.05, 0) is 48.9 Å². The molecule has 0 bridgehead atoms. The quantitative estimate of drug-likeness (QED) is 0.647. The van der Waals surface area contributed by atoms with Crippen LogP contribution >= 0.6 is 0 Å². The Morgan fingerprint density at radius 2 is 2.07 bits per heavy atom. The lowest BCUT2D eigenvalue weighted by Crippen LogP contribution is -2.31. The maximum atomic E-state index is 12.9. The Hall–Kier alpha value is -3.38. The fourth-order valence-corrected chi connectivity index (χ4v) is 3.63. The molecule has 0 fully saturated rings. The van der Waals surface area contributed by atoms with Crippen molar-refractivity contribution in [3.05, 3.63) is 82.8 Å². The highest BCUT2D eigenvalue weighted by Crippen LogP contribution is 2.43. The number of ketones is 1. The molecule has 0 radical (unpaired) electrons. The third-order valence-electron chi connectivity index (χ3n) is 4.97. The number of allylic oxidation sites excluding steroid dienone is 1. The van der Waals surface area contributed by atoms with Gasteiger partial charge in [0.15, 0.2) is 5.76 Å². The minimum absolute atomic E-state index is 0.110. The molecule has 0 N–H and O–H groups in total. The highest BCUT2D eigenvalue weighted by atomic mass is 16.5. The number of ether oxygens (including phenoxy) is 2. The Bertz CT molecular complexity index is 1070. The molecule has 0 saturated heterocycles. The van der Waals surface area contributed by atoms with Gasteiger partial charge in [0.25, 0.3) is 0 Å². The van der Waals surface area contributed by atoms with Gasteiger partial charge in [0.2, 0.25) is 5.78 Å². The van der Waals surface area contributed by atoms with Crippen LogP contribution in [0.2, 0.25) is 0 Å². The van der Waals surface area contributed by atoms with Gasteiger partial charge in [-0.15, -0.1) is 0 Å². The summed E-state index contributed by atoms with van der Waals surface area (Å²) in [6, 6.07) is 9.37. The van der Waals surface area contributed by atoms with Crippen molar-refractivity contribution >= 4 is 11.9 Å². The zero-order valence-corrected chi connectivity index (χ0v) is 15.3. The number of aromatic nitrogens is 1. The molecule has 0 saturated carbocycles. The monoisotopic (exact) mass is 374 g/mol. The molecule has 1 aromatic carbocycles. The Morgan fingerprint density at radius 3 is 2.86 bits per heavy atom. The van der Waals surface area contributed by atoms with Gasteiger partial charge < -0.3 is 13.9 Å². The second-order valence-electron chi connectivity index (χ2n) is 6.93. The van der Waals surface area contributed by atoms with E-state index in [1.54, 1.807) is 24.7 Å². The Labute approximate surface area is 162 Å². The first-order valence-electron chi connectivity index (χ1n) is 9.07. The first-order valence-corrected chi connectivity index (χ1v) is 9.07. The number of nitrogens with zero attached hydrogens (tertiary/aromatic N) is 2. The molecular weight excluding hydrogens is 356 g/mol. The lowest BCUT2D eigenvalue weighted by Gasteiger charge is -2.29. The Balaban J connectivity index is 1.45. The number of carbonyl (C=O) groups excluding carboxylic acids is 1. The minimum Gasteiger partial charge on any atom is -0.477 e. The minimum atomic E-state index is -0.110. The van der Waals surface area contributed by atoms with Crippen LogP contribution in [0.15, 0.2) is 59.2 Å². The summed E-state index contributed by atoms with van der Waals surface area (Å²) in [7, 11) is 0. The number of Topliss-reactive ketones (excluding diaryl/α,β-unsaturated/α-hetero) is 1. The second kappa shape index (κ2) is 6.65. The Morgan fingerprint density at radius 1 is 1.21 bits per heavy atom. The molecule has 5 rings (SSSR count). The molecule has 6 nitrogen and oxygen atoms in total. The number of furan rings is 1. The van der Waals surface area contributed by atoms with Crippen LogP contribution in [0, 0.1) is 6.92 Å². The van der Waals surface area contributed by atoms with Crippen molar-refractivity contribution in [1.82, 2.24) is 9.88 Å². The molecule has 2 aromatic heterocycles. The Kier molecular flexibility index (Phi) is 3.98. The lowest BCUT2D eigenvalue weighted by atomic mass is 10.00. The van der Waals surface area contributed by atoms with Crippen LogP contribution in [0.4, 0.5) is 0 Å². The average molecular weight is 374 g/mol. The van der Waals surface area contributed by atoms with E-state index in [9.17, 15) is 4.79 Å². The molecule has 3 aromatic rings. The smallest absolute Gasteiger partial charge is 0.231 e. The van der Waals surface area contributed by atoms with Gasteiger partial charge in [0.05, 0.1) is 18.4 Å². The number of benzene rings is 1. The molecule has 0 aliphatic carbocycles.